The SMILES string of the molecule is Cc1ccccc1CNC(=O)c1ccc(Cn2c(SCc3ccccc3F)nc3cccnc32)cc1. The predicted molar refractivity (Wildman–Crippen MR) is 141 cm³/mol. The summed E-state index contributed by atoms with van der Waals surface area (Å²) in [6, 6.07) is 26.1. The lowest BCUT2D eigenvalue weighted by Crippen LogP contribution is -2.23. The van der Waals surface area contributed by atoms with E-state index < -0.39 is 0 Å². The van der Waals surface area contributed by atoms with Crippen molar-refractivity contribution in [2.24, 2.45) is 0 Å². The minimum Gasteiger partial charge on any atom is -0.348 e. The number of rotatable bonds is 8. The molecule has 0 saturated carbocycles. The zero-order valence-corrected chi connectivity index (χ0v) is 20.6. The highest BCUT2D eigenvalue weighted by molar-refractivity contribution is 7.98. The van der Waals surface area contributed by atoms with Crippen molar-refractivity contribution in [1.29, 1.82) is 0 Å². The molecule has 0 bridgehead atoms. The van der Waals surface area contributed by atoms with Crippen LogP contribution < -0.4 is 5.32 Å². The zero-order valence-electron chi connectivity index (χ0n) is 19.8. The first kappa shape index (κ1) is 23.8. The molecule has 0 unspecified atom stereocenters. The number of hydrogen-bond donors (Lipinski definition) is 1. The fourth-order valence-electron chi connectivity index (χ4n) is 3.98. The van der Waals surface area contributed by atoms with Crippen molar-refractivity contribution in [1.82, 2.24) is 19.9 Å². The monoisotopic (exact) mass is 496 g/mol. The summed E-state index contributed by atoms with van der Waals surface area (Å²) in [7, 11) is 0. The van der Waals surface area contributed by atoms with Crippen LogP contribution in [0.15, 0.2) is 96.3 Å². The molecule has 0 radical (unpaired) electrons. The summed E-state index contributed by atoms with van der Waals surface area (Å²) in [6.45, 7) is 3.06. The van der Waals surface area contributed by atoms with Gasteiger partial charge in [0.1, 0.15) is 11.3 Å². The molecule has 5 rings (SSSR count). The largest absolute Gasteiger partial charge is 0.348 e. The highest BCUT2D eigenvalue weighted by atomic mass is 32.2. The molecule has 7 heteroatoms. The van der Waals surface area contributed by atoms with Crippen LogP contribution in [0.2, 0.25) is 0 Å². The van der Waals surface area contributed by atoms with Gasteiger partial charge in [0.2, 0.25) is 0 Å². The van der Waals surface area contributed by atoms with E-state index in [0.717, 1.165) is 33.0 Å². The highest BCUT2D eigenvalue weighted by Gasteiger charge is 2.14. The van der Waals surface area contributed by atoms with Gasteiger partial charge in [0.05, 0.1) is 6.54 Å². The third-order valence-electron chi connectivity index (χ3n) is 6.04. The number of carbonyl (C=O) groups is 1. The van der Waals surface area contributed by atoms with Crippen LogP contribution in [0.4, 0.5) is 4.39 Å². The van der Waals surface area contributed by atoms with Crippen molar-refractivity contribution in [3.63, 3.8) is 0 Å². The molecule has 0 aliphatic rings. The van der Waals surface area contributed by atoms with Crippen molar-refractivity contribution < 1.29 is 9.18 Å². The Morgan fingerprint density at radius 2 is 1.69 bits per heavy atom. The topological polar surface area (TPSA) is 59.8 Å². The normalized spacial score (nSPS) is 11.1. The Morgan fingerprint density at radius 1 is 0.944 bits per heavy atom. The van der Waals surface area contributed by atoms with Crippen LogP contribution in [0.1, 0.15) is 32.6 Å². The van der Waals surface area contributed by atoms with E-state index in [4.69, 9.17) is 4.98 Å². The maximum atomic E-state index is 14.1. The molecule has 180 valence electrons. The Balaban J connectivity index is 1.31. The number of nitrogens with one attached hydrogen (secondary N) is 1. The minimum atomic E-state index is -0.220. The van der Waals surface area contributed by atoms with Gasteiger partial charge >= 0.3 is 0 Å². The second kappa shape index (κ2) is 10.7. The molecule has 5 nitrogen and oxygen atoms in total. The molecule has 5 aromatic rings. The second-order valence-corrected chi connectivity index (χ2v) is 9.46. The van der Waals surface area contributed by atoms with Gasteiger partial charge in [-0.3, -0.25) is 9.36 Å². The highest BCUT2D eigenvalue weighted by Crippen LogP contribution is 2.27. The molecule has 3 aromatic carbocycles. The average molecular weight is 497 g/mol. The first-order chi connectivity index (χ1) is 17.6. The van der Waals surface area contributed by atoms with E-state index >= 15 is 0 Å². The van der Waals surface area contributed by atoms with Crippen LogP contribution in [0, 0.1) is 12.7 Å². The van der Waals surface area contributed by atoms with Crippen LogP contribution in [-0.4, -0.2) is 20.4 Å². The van der Waals surface area contributed by atoms with Gasteiger partial charge in [-0.1, -0.05) is 66.4 Å². The Morgan fingerprint density at radius 3 is 2.47 bits per heavy atom. The summed E-state index contributed by atoms with van der Waals surface area (Å²) >= 11 is 1.48. The van der Waals surface area contributed by atoms with Crippen molar-refractivity contribution in [3.05, 3.63) is 125 Å². The molecule has 0 aliphatic heterocycles. The summed E-state index contributed by atoms with van der Waals surface area (Å²) in [5.74, 6) is 0.137. The van der Waals surface area contributed by atoms with E-state index in [1.54, 1.807) is 18.3 Å². The van der Waals surface area contributed by atoms with Gasteiger partial charge in [-0.15, -0.1) is 0 Å². The van der Waals surface area contributed by atoms with Gasteiger partial charge < -0.3 is 5.32 Å². The van der Waals surface area contributed by atoms with Crippen LogP contribution in [-0.2, 0) is 18.8 Å². The molecule has 1 N–H and O–H groups in total. The van der Waals surface area contributed by atoms with E-state index in [2.05, 4.69) is 10.3 Å². The summed E-state index contributed by atoms with van der Waals surface area (Å²) in [5.41, 5.74) is 6.07. The zero-order chi connectivity index (χ0) is 24.9. The molecule has 1 amide bonds. The number of carbonyl (C=O) groups excluding carboxylic acids is 1. The summed E-state index contributed by atoms with van der Waals surface area (Å²) < 4.78 is 16.2. The van der Waals surface area contributed by atoms with Gasteiger partial charge in [0.25, 0.3) is 5.91 Å². The smallest absolute Gasteiger partial charge is 0.251 e. The fraction of sp³-hybridized carbons (Fsp3) is 0.138. The molecule has 0 fully saturated rings. The Bertz CT molecular complexity index is 1510. The molecule has 2 aromatic heterocycles. The molecule has 36 heavy (non-hydrogen) atoms. The van der Waals surface area contributed by atoms with Crippen LogP contribution in [0.3, 0.4) is 0 Å². The average Bonchev–Trinajstić information content (AvgIpc) is 3.25. The minimum absolute atomic E-state index is 0.110. The number of aromatic nitrogens is 3. The maximum absolute atomic E-state index is 14.1. The molecule has 0 aliphatic carbocycles. The van der Waals surface area contributed by atoms with Gasteiger partial charge in [0.15, 0.2) is 10.8 Å². The van der Waals surface area contributed by atoms with Gasteiger partial charge in [0, 0.05) is 24.1 Å². The predicted octanol–water partition coefficient (Wildman–Crippen LogP) is 6.15. The number of pyridine rings is 1. The Hall–Kier alpha value is -3.97. The number of nitrogens with zero attached hydrogens (tertiary/aromatic N) is 3. The maximum Gasteiger partial charge on any atom is 0.251 e. The number of fused-ring (bicyclic) bond motifs is 1. The van der Waals surface area contributed by atoms with Crippen LogP contribution >= 0.6 is 11.8 Å². The number of imidazole rings is 1. The van der Waals surface area contributed by atoms with Crippen molar-refractivity contribution in [2.45, 2.75) is 30.9 Å². The number of thioether (sulfide) groups is 1. The lowest BCUT2D eigenvalue weighted by molar-refractivity contribution is 0.0951. The second-order valence-electron chi connectivity index (χ2n) is 8.51. The number of aryl methyl sites for hydroxylation is 1. The van der Waals surface area contributed by atoms with E-state index in [9.17, 15) is 9.18 Å². The van der Waals surface area contributed by atoms with E-state index in [1.165, 1.54) is 17.8 Å². The summed E-state index contributed by atoms with van der Waals surface area (Å²) in [6.07, 6.45) is 1.74. The van der Waals surface area contributed by atoms with Gasteiger partial charge in [-0.25, -0.2) is 14.4 Å². The first-order valence-electron chi connectivity index (χ1n) is 11.7. The van der Waals surface area contributed by atoms with Crippen LogP contribution in [0.25, 0.3) is 11.2 Å². The van der Waals surface area contributed by atoms with Crippen LogP contribution in [0.5, 0.6) is 0 Å². The standard InChI is InChI=1S/C29H25FN4OS/c1-20-7-2-3-8-23(20)17-32-28(35)22-14-12-21(13-15-22)18-34-27-26(11-6-16-31-27)33-29(34)36-19-24-9-4-5-10-25(24)30/h2-16H,17-19H2,1H3,(H,32,35). The molecule has 0 saturated heterocycles. The Labute approximate surface area is 213 Å². The third kappa shape index (κ3) is 5.31. The Kier molecular flexibility index (Phi) is 7.09. The number of hydrogen-bond acceptors (Lipinski definition) is 4. The first-order valence-corrected chi connectivity index (χ1v) is 12.7. The van der Waals surface area contributed by atoms with Crippen molar-refractivity contribution in [3.8, 4) is 0 Å². The van der Waals surface area contributed by atoms with Crippen molar-refractivity contribution in [2.75, 3.05) is 0 Å². The van der Waals surface area contributed by atoms with Gasteiger partial charge in [-0.05, 0) is 59.5 Å². The molecule has 2 heterocycles. The van der Waals surface area contributed by atoms with E-state index in [0.29, 0.717) is 30.0 Å². The fourth-order valence-corrected chi connectivity index (χ4v) is 4.97. The lowest BCUT2D eigenvalue weighted by Gasteiger charge is -2.11. The molecular formula is C29H25FN4OS. The van der Waals surface area contributed by atoms with E-state index in [1.807, 2.05) is 78.2 Å². The molecule has 0 spiro atoms. The lowest BCUT2D eigenvalue weighted by atomic mass is 10.1. The summed E-state index contributed by atoms with van der Waals surface area (Å²) in [4.78, 5) is 21.9. The quantitative estimate of drug-likeness (QED) is 0.262. The number of amides is 1. The van der Waals surface area contributed by atoms with Gasteiger partial charge in [-0.2, -0.15) is 0 Å². The number of benzene rings is 3. The summed E-state index contributed by atoms with van der Waals surface area (Å²) in [5, 5.41) is 3.76. The third-order valence-corrected chi connectivity index (χ3v) is 7.07. The molecular weight excluding hydrogens is 471 g/mol. The van der Waals surface area contributed by atoms with E-state index in [-0.39, 0.29) is 11.7 Å². The molecule has 0 atom stereocenters. The number of halogens is 1. The van der Waals surface area contributed by atoms with Crippen molar-refractivity contribution >= 4 is 28.8 Å².